The van der Waals surface area contributed by atoms with Gasteiger partial charge in [0.1, 0.15) is 22.3 Å². The van der Waals surface area contributed by atoms with Crippen LogP contribution in [0, 0.1) is 31.0 Å². The van der Waals surface area contributed by atoms with Crippen molar-refractivity contribution in [2.45, 2.75) is 19.8 Å². The summed E-state index contributed by atoms with van der Waals surface area (Å²) in [5.74, 6) is -0.212. The summed E-state index contributed by atoms with van der Waals surface area (Å²) in [4.78, 5) is 6.23. The Bertz CT molecular complexity index is 1150. The molecule has 3 aromatic rings. The molecular weight excluding hydrogens is 417 g/mol. The maximum atomic E-state index is 14.1. The van der Waals surface area contributed by atoms with Gasteiger partial charge in [0.25, 0.3) is 0 Å². The molecule has 0 saturated carbocycles. The molecule has 0 saturated heterocycles. The number of nitrogens with zero attached hydrogens (tertiary/aromatic N) is 2. The average Bonchev–Trinajstić information content (AvgIpc) is 2.94. The Morgan fingerprint density at radius 2 is 2.12 bits per heavy atom. The van der Waals surface area contributed by atoms with Gasteiger partial charge in [-0.2, -0.15) is 5.26 Å². The van der Waals surface area contributed by atoms with Gasteiger partial charge < -0.3 is 10.5 Å². The van der Waals surface area contributed by atoms with E-state index in [0.29, 0.717) is 15.8 Å². The molecule has 7 heteroatoms. The second-order valence-corrected chi connectivity index (χ2v) is 8.04. The van der Waals surface area contributed by atoms with Crippen molar-refractivity contribution in [1.29, 1.82) is 5.26 Å². The molecule has 1 aromatic carbocycles. The first-order valence-electron chi connectivity index (χ1n) is 7.84. The Morgan fingerprint density at radius 3 is 2.81 bits per heavy atom. The Labute approximate surface area is 161 Å². The number of halogens is 2. The second-order valence-electron chi connectivity index (χ2n) is 6.15. The minimum Gasteiger partial charge on any atom is -0.439 e. The fourth-order valence-corrected chi connectivity index (χ4v) is 4.89. The number of nitrogens with two attached hydrogens (primary N) is 1. The molecule has 3 heterocycles. The van der Waals surface area contributed by atoms with Crippen LogP contribution < -0.4 is 10.5 Å². The van der Waals surface area contributed by atoms with Gasteiger partial charge in [0, 0.05) is 5.69 Å². The van der Waals surface area contributed by atoms with E-state index < -0.39 is 11.7 Å². The number of aryl methyl sites for hydroxylation is 2. The maximum Gasteiger partial charge on any atom is 0.205 e. The molecule has 2 N–H and O–H groups in total. The first-order chi connectivity index (χ1) is 12.4. The molecule has 1 atom stereocenters. The van der Waals surface area contributed by atoms with Crippen LogP contribution in [0.2, 0.25) is 0 Å². The van der Waals surface area contributed by atoms with Gasteiger partial charge in [-0.15, -0.1) is 11.3 Å². The van der Waals surface area contributed by atoms with Crippen LogP contribution in [0.15, 0.2) is 40.2 Å². The lowest BCUT2D eigenvalue weighted by atomic mass is 9.88. The third-order valence-corrected chi connectivity index (χ3v) is 6.17. The Balaban J connectivity index is 2.03. The average molecular weight is 430 g/mol. The highest BCUT2D eigenvalue weighted by Crippen LogP contribution is 2.50. The van der Waals surface area contributed by atoms with Crippen molar-refractivity contribution in [3.8, 4) is 11.8 Å². The lowest BCUT2D eigenvalue weighted by Crippen LogP contribution is -2.20. The first kappa shape index (κ1) is 17.0. The molecule has 0 radical (unpaired) electrons. The number of fused-ring (bicyclic) bond motifs is 3. The zero-order valence-electron chi connectivity index (χ0n) is 13.9. The molecule has 0 unspecified atom stereocenters. The Kier molecular flexibility index (Phi) is 3.98. The van der Waals surface area contributed by atoms with E-state index in [-0.39, 0.29) is 11.5 Å². The molecule has 26 heavy (non-hydrogen) atoms. The second kappa shape index (κ2) is 6.08. The van der Waals surface area contributed by atoms with E-state index in [1.807, 2.05) is 19.9 Å². The van der Waals surface area contributed by atoms with Crippen molar-refractivity contribution in [3.05, 3.63) is 67.7 Å². The number of pyridine rings is 1. The largest absolute Gasteiger partial charge is 0.439 e. The normalized spacial score (nSPS) is 16.3. The smallest absolute Gasteiger partial charge is 0.205 e. The SMILES string of the molecule is Cc1cc(C)c2c3c(sc2n1)[C@@H](c1ccc(Br)c(F)c1)C(C#N)=C(N)O3. The fraction of sp³-hybridized carbons (Fsp3) is 0.158. The summed E-state index contributed by atoms with van der Waals surface area (Å²) >= 11 is 4.62. The van der Waals surface area contributed by atoms with E-state index in [0.717, 1.165) is 26.4 Å². The summed E-state index contributed by atoms with van der Waals surface area (Å²) < 4.78 is 20.3. The number of ether oxygens (including phenoxy) is 1. The zero-order valence-corrected chi connectivity index (χ0v) is 16.3. The van der Waals surface area contributed by atoms with Gasteiger partial charge in [0.15, 0.2) is 5.75 Å². The lowest BCUT2D eigenvalue weighted by molar-refractivity contribution is 0.401. The van der Waals surface area contributed by atoms with E-state index in [1.165, 1.54) is 17.4 Å². The van der Waals surface area contributed by atoms with Crippen molar-refractivity contribution in [1.82, 2.24) is 4.98 Å². The quantitative estimate of drug-likeness (QED) is 0.588. The number of benzene rings is 1. The molecule has 0 amide bonds. The van der Waals surface area contributed by atoms with Crippen LogP contribution in [0.4, 0.5) is 4.39 Å². The lowest BCUT2D eigenvalue weighted by Gasteiger charge is -2.24. The van der Waals surface area contributed by atoms with Gasteiger partial charge in [-0.3, -0.25) is 0 Å². The third-order valence-electron chi connectivity index (χ3n) is 4.39. The van der Waals surface area contributed by atoms with E-state index in [9.17, 15) is 9.65 Å². The summed E-state index contributed by atoms with van der Waals surface area (Å²) in [6.07, 6.45) is 0. The van der Waals surface area contributed by atoms with Gasteiger partial charge in [0.05, 0.1) is 20.7 Å². The van der Waals surface area contributed by atoms with Crippen LogP contribution in [-0.4, -0.2) is 4.98 Å². The number of rotatable bonds is 1. The predicted octanol–water partition coefficient (Wildman–Crippen LogP) is 5.03. The number of allylic oxidation sites excluding steroid dienone is 1. The molecule has 4 rings (SSSR count). The summed E-state index contributed by atoms with van der Waals surface area (Å²) in [5.41, 5.74) is 8.90. The first-order valence-corrected chi connectivity index (χ1v) is 9.44. The fourth-order valence-electron chi connectivity index (χ4n) is 3.29. The van der Waals surface area contributed by atoms with Crippen LogP contribution >= 0.6 is 27.3 Å². The number of aromatic nitrogens is 1. The molecule has 0 fully saturated rings. The Hall–Kier alpha value is -2.43. The van der Waals surface area contributed by atoms with Crippen molar-refractivity contribution in [3.63, 3.8) is 0 Å². The van der Waals surface area contributed by atoms with Crippen molar-refractivity contribution >= 4 is 37.5 Å². The van der Waals surface area contributed by atoms with Gasteiger partial charge in [-0.25, -0.2) is 9.37 Å². The summed E-state index contributed by atoms with van der Waals surface area (Å²) in [5, 5.41) is 10.5. The summed E-state index contributed by atoms with van der Waals surface area (Å²) in [7, 11) is 0. The van der Waals surface area contributed by atoms with Crippen LogP contribution in [0.1, 0.15) is 27.6 Å². The molecule has 1 aliphatic rings. The third kappa shape index (κ3) is 2.49. The molecule has 4 nitrogen and oxygen atoms in total. The minimum atomic E-state index is -0.481. The van der Waals surface area contributed by atoms with Crippen LogP contribution in [0.3, 0.4) is 0 Å². The molecule has 0 aliphatic carbocycles. The van der Waals surface area contributed by atoms with E-state index >= 15 is 0 Å². The molecule has 1 aliphatic heterocycles. The molecule has 0 spiro atoms. The van der Waals surface area contributed by atoms with Crippen LogP contribution in [-0.2, 0) is 0 Å². The summed E-state index contributed by atoms with van der Waals surface area (Å²) in [6, 6.07) is 8.95. The highest BCUT2D eigenvalue weighted by atomic mass is 79.9. The molecule has 2 aromatic heterocycles. The van der Waals surface area contributed by atoms with E-state index in [4.69, 9.17) is 10.5 Å². The molecular formula is C19H13BrFN3OS. The maximum absolute atomic E-state index is 14.1. The van der Waals surface area contributed by atoms with Crippen molar-refractivity contribution < 1.29 is 9.13 Å². The standard InChI is InChI=1S/C19H13BrFN3OS/c1-8-5-9(2)24-19-14(8)16-17(26-19)15(11(7-22)18(23)25-16)10-3-4-12(20)13(21)6-10/h3-6,15H,23H2,1-2H3/t15-/m0/s1. The topological polar surface area (TPSA) is 71.9 Å². The van der Waals surface area contributed by atoms with Gasteiger partial charge in [-0.1, -0.05) is 6.07 Å². The zero-order chi connectivity index (χ0) is 18.6. The van der Waals surface area contributed by atoms with Crippen molar-refractivity contribution in [2.75, 3.05) is 0 Å². The van der Waals surface area contributed by atoms with Gasteiger partial charge in [0.2, 0.25) is 5.88 Å². The number of thiophene rings is 1. The van der Waals surface area contributed by atoms with Gasteiger partial charge in [-0.05, 0) is 59.1 Å². The van der Waals surface area contributed by atoms with Gasteiger partial charge >= 0.3 is 0 Å². The van der Waals surface area contributed by atoms with Crippen molar-refractivity contribution in [2.24, 2.45) is 5.73 Å². The number of hydrogen-bond acceptors (Lipinski definition) is 5. The predicted molar refractivity (Wildman–Crippen MR) is 102 cm³/mol. The molecule has 130 valence electrons. The van der Waals surface area contributed by atoms with Crippen LogP contribution in [0.5, 0.6) is 5.75 Å². The monoisotopic (exact) mass is 429 g/mol. The van der Waals surface area contributed by atoms with Crippen LogP contribution in [0.25, 0.3) is 10.2 Å². The number of nitriles is 1. The minimum absolute atomic E-state index is 0.0491. The Morgan fingerprint density at radius 1 is 1.35 bits per heavy atom. The highest BCUT2D eigenvalue weighted by molar-refractivity contribution is 9.10. The van der Waals surface area contributed by atoms with E-state index in [2.05, 4.69) is 27.0 Å². The number of hydrogen-bond donors (Lipinski definition) is 1. The molecule has 0 bridgehead atoms. The highest BCUT2D eigenvalue weighted by Gasteiger charge is 2.35. The van der Waals surface area contributed by atoms with E-state index in [1.54, 1.807) is 12.1 Å². The summed E-state index contributed by atoms with van der Waals surface area (Å²) in [6.45, 7) is 3.92.